The first-order chi connectivity index (χ1) is 10.7. The molecule has 3 atom stereocenters. The molecule has 3 nitrogen and oxygen atoms in total. The van der Waals surface area contributed by atoms with Gasteiger partial charge in [-0.25, -0.2) is 0 Å². The first-order valence-corrected chi connectivity index (χ1v) is 8.77. The number of rotatable bonds is 5. The van der Waals surface area contributed by atoms with Gasteiger partial charge < -0.3 is 15.0 Å². The number of nitrogens with one attached hydrogen (secondary N) is 1. The maximum Gasteiger partial charge on any atom is 0.0690 e. The highest BCUT2D eigenvalue weighted by molar-refractivity contribution is 5.24. The Kier molecular flexibility index (Phi) is 3.75. The zero-order valence-electron chi connectivity index (χ0n) is 13.8. The van der Waals surface area contributed by atoms with Gasteiger partial charge in [-0.1, -0.05) is 30.7 Å². The van der Waals surface area contributed by atoms with E-state index in [4.69, 9.17) is 4.74 Å². The lowest BCUT2D eigenvalue weighted by Crippen LogP contribution is -2.70. The molecular formula is C19H28N2O. The van der Waals surface area contributed by atoms with E-state index in [1.807, 2.05) is 0 Å². The number of fused-ring (bicyclic) bond motifs is 2. The molecule has 120 valence electrons. The summed E-state index contributed by atoms with van der Waals surface area (Å²) in [5, 5.41) is 3.87. The van der Waals surface area contributed by atoms with Crippen molar-refractivity contribution in [3.05, 3.63) is 35.4 Å². The van der Waals surface area contributed by atoms with Crippen molar-refractivity contribution in [3.8, 4) is 0 Å². The van der Waals surface area contributed by atoms with E-state index in [1.54, 1.807) is 0 Å². The third-order valence-corrected chi connectivity index (χ3v) is 6.08. The average molecular weight is 300 g/mol. The monoisotopic (exact) mass is 300 g/mol. The Labute approximate surface area is 134 Å². The molecule has 22 heavy (non-hydrogen) atoms. The molecule has 3 aliphatic rings. The fraction of sp³-hybridized carbons (Fsp3) is 0.684. The van der Waals surface area contributed by atoms with Crippen LogP contribution in [0.15, 0.2) is 24.3 Å². The van der Waals surface area contributed by atoms with Gasteiger partial charge in [0.15, 0.2) is 0 Å². The van der Waals surface area contributed by atoms with Crippen LogP contribution in [0.25, 0.3) is 0 Å². The highest BCUT2D eigenvalue weighted by Gasteiger charge is 2.66. The minimum Gasteiger partial charge on any atom is -0.377 e. The van der Waals surface area contributed by atoms with E-state index in [-0.39, 0.29) is 0 Å². The van der Waals surface area contributed by atoms with Gasteiger partial charge in [0.1, 0.15) is 0 Å². The summed E-state index contributed by atoms with van der Waals surface area (Å²) in [6.45, 7) is 2.99. The average Bonchev–Trinajstić information content (AvgIpc) is 2.84. The zero-order chi connectivity index (χ0) is 15.2. The molecule has 2 aliphatic carbocycles. The molecule has 0 bridgehead atoms. The largest absolute Gasteiger partial charge is 0.377 e. The molecule has 1 heterocycles. The summed E-state index contributed by atoms with van der Waals surface area (Å²) in [4.78, 5) is 2.21. The van der Waals surface area contributed by atoms with Crippen LogP contribution in [0.4, 0.5) is 0 Å². The standard InChI is InChI=1S/C19H28N2O/c1-21(2)13-15-6-4-14(5-7-15)12-20-17-16-8-11-22-18(16)19(17)9-3-10-19/h4-7,16-18,20H,3,8-13H2,1-2H3/t16-,17+,18+/m0/s1. The fourth-order valence-electron chi connectivity index (χ4n) is 4.92. The van der Waals surface area contributed by atoms with Crippen LogP contribution >= 0.6 is 0 Å². The lowest BCUT2D eigenvalue weighted by atomic mass is 9.46. The number of hydrogen-bond acceptors (Lipinski definition) is 3. The minimum absolute atomic E-state index is 0.492. The van der Waals surface area contributed by atoms with Gasteiger partial charge in [-0.3, -0.25) is 0 Å². The van der Waals surface area contributed by atoms with Gasteiger partial charge in [0.25, 0.3) is 0 Å². The van der Waals surface area contributed by atoms with Gasteiger partial charge in [0.05, 0.1) is 6.10 Å². The van der Waals surface area contributed by atoms with E-state index in [1.165, 1.54) is 36.8 Å². The molecule has 1 saturated heterocycles. The summed E-state index contributed by atoms with van der Waals surface area (Å²) < 4.78 is 6.00. The van der Waals surface area contributed by atoms with E-state index in [2.05, 4.69) is 48.6 Å². The van der Waals surface area contributed by atoms with E-state index < -0.39 is 0 Å². The van der Waals surface area contributed by atoms with Crippen molar-refractivity contribution in [2.45, 2.75) is 50.9 Å². The molecule has 3 heteroatoms. The Morgan fingerprint density at radius 3 is 2.55 bits per heavy atom. The summed E-state index contributed by atoms with van der Waals surface area (Å²) in [7, 11) is 4.23. The smallest absolute Gasteiger partial charge is 0.0690 e. The topological polar surface area (TPSA) is 24.5 Å². The van der Waals surface area contributed by atoms with Crippen molar-refractivity contribution >= 4 is 0 Å². The van der Waals surface area contributed by atoms with Crippen LogP contribution in [0.2, 0.25) is 0 Å². The second kappa shape index (κ2) is 5.63. The Hall–Kier alpha value is -0.900. The van der Waals surface area contributed by atoms with E-state index in [9.17, 15) is 0 Å². The molecule has 0 unspecified atom stereocenters. The van der Waals surface area contributed by atoms with Crippen molar-refractivity contribution in [1.82, 2.24) is 10.2 Å². The molecule has 0 radical (unpaired) electrons. The Morgan fingerprint density at radius 1 is 1.18 bits per heavy atom. The first kappa shape index (κ1) is 14.7. The number of hydrogen-bond donors (Lipinski definition) is 1. The lowest BCUT2D eigenvalue weighted by Gasteiger charge is -2.63. The summed E-state index contributed by atoms with van der Waals surface area (Å²) in [5.74, 6) is 0.772. The number of nitrogens with zero attached hydrogens (tertiary/aromatic N) is 1. The van der Waals surface area contributed by atoms with Crippen LogP contribution in [0.1, 0.15) is 36.8 Å². The van der Waals surface area contributed by atoms with Gasteiger partial charge in [-0.05, 0) is 44.5 Å². The van der Waals surface area contributed by atoms with Crippen LogP contribution in [-0.2, 0) is 17.8 Å². The fourth-order valence-corrected chi connectivity index (χ4v) is 4.92. The normalized spacial score (nSPS) is 31.9. The SMILES string of the molecule is CN(C)Cc1ccc(CN[C@@H]2[C@@H]3CCO[C@H]3C23CCC3)cc1. The third kappa shape index (κ3) is 2.31. The first-order valence-electron chi connectivity index (χ1n) is 8.77. The van der Waals surface area contributed by atoms with Crippen LogP contribution in [0, 0.1) is 11.3 Å². The van der Waals surface area contributed by atoms with Crippen LogP contribution in [-0.4, -0.2) is 37.7 Å². The molecule has 1 N–H and O–H groups in total. The molecule has 2 saturated carbocycles. The van der Waals surface area contributed by atoms with Crippen LogP contribution < -0.4 is 5.32 Å². The summed E-state index contributed by atoms with van der Waals surface area (Å²) in [6, 6.07) is 9.77. The lowest BCUT2D eigenvalue weighted by molar-refractivity contribution is -0.176. The summed E-state index contributed by atoms with van der Waals surface area (Å²) >= 11 is 0. The molecule has 1 aromatic carbocycles. The van der Waals surface area contributed by atoms with Crippen molar-refractivity contribution in [1.29, 1.82) is 0 Å². The molecule has 4 rings (SSSR count). The summed E-state index contributed by atoms with van der Waals surface area (Å²) in [5.41, 5.74) is 3.28. The molecule has 3 fully saturated rings. The molecule has 0 amide bonds. The molecule has 0 aromatic heterocycles. The molecule has 1 aromatic rings. The molecular weight excluding hydrogens is 272 g/mol. The van der Waals surface area contributed by atoms with E-state index >= 15 is 0 Å². The predicted octanol–water partition coefficient (Wildman–Crippen LogP) is 2.80. The molecule has 1 spiro atoms. The maximum absolute atomic E-state index is 6.00. The second-order valence-electron chi connectivity index (χ2n) is 7.74. The second-order valence-corrected chi connectivity index (χ2v) is 7.74. The number of ether oxygens (including phenoxy) is 1. The van der Waals surface area contributed by atoms with E-state index in [0.29, 0.717) is 17.6 Å². The van der Waals surface area contributed by atoms with Gasteiger partial charge in [0.2, 0.25) is 0 Å². The van der Waals surface area contributed by atoms with Crippen LogP contribution in [0.3, 0.4) is 0 Å². The maximum atomic E-state index is 6.00. The minimum atomic E-state index is 0.492. The Bertz CT molecular complexity index is 521. The van der Waals surface area contributed by atoms with Crippen molar-refractivity contribution < 1.29 is 4.74 Å². The van der Waals surface area contributed by atoms with Crippen molar-refractivity contribution in [3.63, 3.8) is 0 Å². The summed E-state index contributed by atoms with van der Waals surface area (Å²) in [6.07, 6.45) is 5.96. The number of benzene rings is 1. The zero-order valence-corrected chi connectivity index (χ0v) is 13.8. The predicted molar refractivity (Wildman–Crippen MR) is 88.6 cm³/mol. The van der Waals surface area contributed by atoms with Gasteiger partial charge in [0, 0.05) is 37.1 Å². The highest BCUT2D eigenvalue weighted by Crippen LogP contribution is 2.62. The Morgan fingerprint density at radius 2 is 1.91 bits per heavy atom. The quantitative estimate of drug-likeness (QED) is 0.905. The van der Waals surface area contributed by atoms with Crippen LogP contribution in [0.5, 0.6) is 0 Å². The van der Waals surface area contributed by atoms with E-state index in [0.717, 1.165) is 25.6 Å². The van der Waals surface area contributed by atoms with Gasteiger partial charge in [-0.2, -0.15) is 0 Å². The highest BCUT2D eigenvalue weighted by atomic mass is 16.5. The van der Waals surface area contributed by atoms with Gasteiger partial charge in [-0.15, -0.1) is 0 Å². The molecule has 1 aliphatic heterocycles. The van der Waals surface area contributed by atoms with Crippen molar-refractivity contribution in [2.24, 2.45) is 11.3 Å². The Balaban J connectivity index is 1.36. The third-order valence-electron chi connectivity index (χ3n) is 6.08. The van der Waals surface area contributed by atoms with Crippen molar-refractivity contribution in [2.75, 3.05) is 20.7 Å². The van der Waals surface area contributed by atoms with Gasteiger partial charge >= 0.3 is 0 Å².